The van der Waals surface area contributed by atoms with Gasteiger partial charge in [0.25, 0.3) is 0 Å². The Labute approximate surface area is 105 Å². The monoisotopic (exact) mass is 242 g/mol. The van der Waals surface area contributed by atoms with Gasteiger partial charge < -0.3 is 5.32 Å². The van der Waals surface area contributed by atoms with Crippen LogP contribution in [0.5, 0.6) is 0 Å². The Bertz CT molecular complexity index is 582. The summed E-state index contributed by atoms with van der Waals surface area (Å²) in [5.41, 5.74) is 3.52. The first kappa shape index (κ1) is 11.2. The molecule has 0 bridgehead atoms. The second kappa shape index (κ2) is 3.79. The number of hydrogen-bond acceptors (Lipinski definition) is 3. The van der Waals surface area contributed by atoms with E-state index in [9.17, 15) is 9.59 Å². The van der Waals surface area contributed by atoms with Crippen molar-refractivity contribution in [1.82, 2.24) is 0 Å². The number of amides is 1. The summed E-state index contributed by atoms with van der Waals surface area (Å²) < 4.78 is 0. The zero-order valence-electron chi connectivity index (χ0n) is 10.2. The number of hydrogen-bond donors (Lipinski definition) is 1. The summed E-state index contributed by atoms with van der Waals surface area (Å²) in [4.78, 5) is 26.2. The van der Waals surface area contributed by atoms with Crippen LogP contribution in [-0.2, 0) is 21.5 Å². The van der Waals surface area contributed by atoms with Gasteiger partial charge in [-0.1, -0.05) is 17.7 Å². The number of fused-ring (bicyclic) bond motifs is 1. The molecule has 1 saturated carbocycles. The fourth-order valence-corrected chi connectivity index (χ4v) is 2.91. The van der Waals surface area contributed by atoms with Crippen molar-refractivity contribution in [2.75, 3.05) is 5.32 Å². The van der Waals surface area contributed by atoms with Crippen molar-refractivity contribution in [3.8, 4) is 0 Å². The number of nitrogens with zero attached hydrogens (tertiary/aromatic N) is 1. The lowest BCUT2D eigenvalue weighted by Crippen LogP contribution is -2.32. The van der Waals surface area contributed by atoms with E-state index in [-0.39, 0.29) is 5.91 Å². The van der Waals surface area contributed by atoms with Gasteiger partial charge in [-0.25, -0.2) is 4.79 Å². The molecule has 0 unspecified atom stereocenters. The number of carbonyl (C=O) groups excluding carboxylic acids is 2. The van der Waals surface area contributed by atoms with Gasteiger partial charge in [-0.15, -0.1) is 0 Å². The van der Waals surface area contributed by atoms with E-state index < -0.39 is 5.54 Å². The molecule has 0 aromatic heterocycles. The lowest BCUT2D eigenvalue weighted by atomic mass is 9.71. The van der Waals surface area contributed by atoms with Crippen LogP contribution in [0.25, 0.3) is 0 Å². The highest BCUT2D eigenvalue weighted by Crippen LogP contribution is 2.49. The zero-order chi connectivity index (χ0) is 12.8. The molecule has 0 spiro atoms. The summed E-state index contributed by atoms with van der Waals surface area (Å²) in [5, 5.41) is 2.90. The average Bonchev–Trinajstić information content (AvgIpc) is 2.62. The Morgan fingerprint density at radius 1 is 1.39 bits per heavy atom. The van der Waals surface area contributed by atoms with Gasteiger partial charge in [0.15, 0.2) is 0 Å². The largest absolute Gasteiger partial charge is 0.325 e. The zero-order valence-corrected chi connectivity index (χ0v) is 10.2. The first-order valence-corrected chi connectivity index (χ1v) is 6.17. The predicted octanol–water partition coefficient (Wildman–Crippen LogP) is 2.20. The Morgan fingerprint density at radius 2 is 2.17 bits per heavy atom. The topological polar surface area (TPSA) is 58.5 Å². The maximum absolute atomic E-state index is 11.5. The third-order valence-corrected chi connectivity index (χ3v) is 3.92. The van der Waals surface area contributed by atoms with Gasteiger partial charge in [0.2, 0.25) is 12.0 Å². The molecule has 1 heterocycles. The average molecular weight is 242 g/mol. The molecule has 1 aliphatic heterocycles. The van der Waals surface area contributed by atoms with Gasteiger partial charge in [0, 0.05) is 5.56 Å². The summed E-state index contributed by atoms with van der Waals surface area (Å²) in [7, 11) is 0. The van der Waals surface area contributed by atoms with Gasteiger partial charge in [0.05, 0.1) is 12.1 Å². The van der Waals surface area contributed by atoms with Crippen molar-refractivity contribution in [3.63, 3.8) is 0 Å². The first-order valence-electron chi connectivity index (χ1n) is 6.17. The number of anilines is 1. The number of isocyanates is 1. The standard InChI is InChI=1S/C14H14N2O2/c1-9-5-10-7-12(18)16-13(10)11(6-9)14(15-8-17)3-2-4-14/h5-6H,2-4,7H2,1H3,(H,16,18). The molecule has 1 aromatic carbocycles. The minimum atomic E-state index is -0.449. The molecule has 18 heavy (non-hydrogen) atoms. The fourth-order valence-electron chi connectivity index (χ4n) is 2.91. The minimum Gasteiger partial charge on any atom is -0.325 e. The summed E-state index contributed by atoms with van der Waals surface area (Å²) >= 11 is 0. The van der Waals surface area contributed by atoms with Crippen molar-refractivity contribution >= 4 is 17.7 Å². The molecule has 0 saturated heterocycles. The van der Waals surface area contributed by atoms with Crippen LogP contribution in [0, 0.1) is 6.92 Å². The Balaban J connectivity index is 2.18. The predicted molar refractivity (Wildman–Crippen MR) is 67.2 cm³/mol. The van der Waals surface area contributed by atoms with E-state index in [1.54, 1.807) is 6.08 Å². The number of benzene rings is 1. The van der Waals surface area contributed by atoms with Crippen LogP contribution in [0.3, 0.4) is 0 Å². The van der Waals surface area contributed by atoms with Gasteiger partial charge in [-0.3, -0.25) is 4.79 Å². The van der Waals surface area contributed by atoms with E-state index in [0.29, 0.717) is 6.42 Å². The minimum absolute atomic E-state index is 0.0152. The normalized spacial score (nSPS) is 19.5. The highest BCUT2D eigenvalue weighted by atomic mass is 16.1. The lowest BCUT2D eigenvalue weighted by molar-refractivity contribution is -0.115. The smallest absolute Gasteiger partial charge is 0.235 e. The molecular formula is C14H14N2O2. The van der Waals surface area contributed by atoms with Crippen LogP contribution in [0.1, 0.15) is 36.0 Å². The highest BCUT2D eigenvalue weighted by Gasteiger charge is 2.42. The fraction of sp³-hybridized carbons (Fsp3) is 0.429. The van der Waals surface area contributed by atoms with Gasteiger partial charge >= 0.3 is 0 Å². The van der Waals surface area contributed by atoms with Crippen molar-refractivity contribution in [2.24, 2.45) is 4.99 Å². The van der Waals surface area contributed by atoms with Gasteiger partial charge in [-0.05, 0) is 31.7 Å². The number of carbonyl (C=O) groups is 1. The van der Waals surface area contributed by atoms with E-state index in [0.717, 1.165) is 41.6 Å². The van der Waals surface area contributed by atoms with Gasteiger partial charge in [-0.2, -0.15) is 4.99 Å². The quantitative estimate of drug-likeness (QED) is 0.638. The summed E-state index contributed by atoms with van der Waals surface area (Å²) in [6.07, 6.45) is 4.88. The second-order valence-electron chi connectivity index (χ2n) is 5.16. The first-order chi connectivity index (χ1) is 8.64. The molecule has 1 amide bonds. The van der Waals surface area contributed by atoms with Crippen molar-refractivity contribution in [2.45, 2.75) is 38.1 Å². The summed E-state index contributed by atoms with van der Waals surface area (Å²) in [5.74, 6) is 0.0152. The summed E-state index contributed by atoms with van der Waals surface area (Å²) in [6, 6.07) is 4.05. The van der Waals surface area contributed by atoms with Gasteiger partial charge in [0.1, 0.15) is 5.54 Å². The van der Waals surface area contributed by atoms with Crippen molar-refractivity contribution in [3.05, 3.63) is 28.8 Å². The van der Waals surface area contributed by atoms with E-state index in [1.165, 1.54) is 0 Å². The van der Waals surface area contributed by atoms with Crippen LogP contribution in [0.2, 0.25) is 0 Å². The van der Waals surface area contributed by atoms with E-state index in [1.807, 2.05) is 19.1 Å². The Hall–Kier alpha value is -1.93. The van der Waals surface area contributed by atoms with Crippen LogP contribution in [0.15, 0.2) is 17.1 Å². The van der Waals surface area contributed by atoms with Crippen LogP contribution in [-0.4, -0.2) is 12.0 Å². The maximum atomic E-state index is 11.5. The SMILES string of the molecule is Cc1cc2c(c(C3(N=C=O)CCC3)c1)NC(=O)C2. The highest BCUT2D eigenvalue weighted by molar-refractivity contribution is 6.00. The second-order valence-corrected chi connectivity index (χ2v) is 5.16. The summed E-state index contributed by atoms with van der Waals surface area (Å²) in [6.45, 7) is 2.00. The molecule has 92 valence electrons. The van der Waals surface area contributed by atoms with Crippen molar-refractivity contribution < 1.29 is 9.59 Å². The molecule has 0 radical (unpaired) electrons. The van der Waals surface area contributed by atoms with E-state index in [2.05, 4.69) is 10.3 Å². The Kier molecular flexibility index (Phi) is 2.35. The maximum Gasteiger partial charge on any atom is 0.235 e. The molecule has 4 nitrogen and oxygen atoms in total. The lowest BCUT2D eigenvalue weighted by Gasteiger charge is -2.38. The van der Waals surface area contributed by atoms with Crippen molar-refractivity contribution in [1.29, 1.82) is 0 Å². The molecule has 4 heteroatoms. The molecule has 2 aliphatic rings. The third kappa shape index (κ3) is 1.50. The molecule has 1 N–H and O–H groups in total. The molecule has 1 aliphatic carbocycles. The van der Waals surface area contributed by atoms with Crippen LogP contribution < -0.4 is 5.32 Å². The Morgan fingerprint density at radius 3 is 2.78 bits per heavy atom. The van der Waals surface area contributed by atoms with E-state index >= 15 is 0 Å². The van der Waals surface area contributed by atoms with Crippen LogP contribution in [0.4, 0.5) is 5.69 Å². The van der Waals surface area contributed by atoms with Crippen LogP contribution >= 0.6 is 0 Å². The molecule has 3 rings (SSSR count). The molecule has 1 fully saturated rings. The third-order valence-electron chi connectivity index (χ3n) is 3.92. The molecule has 1 aromatic rings. The van der Waals surface area contributed by atoms with E-state index in [4.69, 9.17) is 0 Å². The number of nitrogens with one attached hydrogen (secondary N) is 1. The molecular weight excluding hydrogens is 228 g/mol. The number of aryl methyl sites for hydroxylation is 1. The number of aliphatic imine (C=N–C) groups is 1. The molecule has 0 atom stereocenters. The number of rotatable bonds is 2.